The second kappa shape index (κ2) is 11.0. The van der Waals surface area contributed by atoms with Crippen LogP contribution in [0.15, 0.2) is 12.3 Å². The van der Waals surface area contributed by atoms with Crippen LogP contribution in [0.5, 0.6) is 0 Å². The maximum Gasteiger partial charge on any atom is 0.226 e. The molecule has 0 unspecified atom stereocenters. The van der Waals surface area contributed by atoms with Crippen molar-refractivity contribution in [2.24, 2.45) is 0 Å². The van der Waals surface area contributed by atoms with E-state index in [0.29, 0.717) is 36.9 Å². The average molecular weight is 454 g/mol. The summed E-state index contributed by atoms with van der Waals surface area (Å²) in [5, 5.41) is 13.5. The third-order valence-electron chi connectivity index (χ3n) is 6.37. The number of anilines is 1. The van der Waals surface area contributed by atoms with Crippen molar-refractivity contribution >= 4 is 22.2 Å². The van der Waals surface area contributed by atoms with Crippen LogP contribution in [0.25, 0.3) is 0 Å². The van der Waals surface area contributed by atoms with Gasteiger partial charge in [0.05, 0.1) is 5.56 Å². The molecule has 1 N–H and O–H groups in total. The predicted molar refractivity (Wildman–Crippen MR) is 125 cm³/mol. The molecule has 1 saturated heterocycles. The summed E-state index contributed by atoms with van der Waals surface area (Å²) in [6, 6.07) is 4.33. The third-order valence-corrected chi connectivity index (χ3v) is 7.57. The molecule has 1 aliphatic heterocycles. The van der Waals surface area contributed by atoms with Crippen LogP contribution in [0.3, 0.4) is 0 Å². The Balaban J connectivity index is 1.32. The number of aryl methyl sites for hydroxylation is 1. The fraction of sp³-hybridized carbons (Fsp3) is 0.583. The second-order valence-corrected chi connectivity index (χ2v) is 9.75. The third kappa shape index (κ3) is 5.52. The summed E-state index contributed by atoms with van der Waals surface area (Å²) in [6.45, 7) is 3.02. The number of thiophene rings is 1. The number of nitrogens with zero attached hydrogens (tertiary/aromatic N) is 4. The summed E-state index contributed by atoms with van der Waals surface area (Å²) in [4.78, 5) is 25.2. The van der Waals surface area contributed by atoms with Gasteiger partial charge in [0.1, 0.15) is 17.7 Å². The Labute approximate surface area is 193 Å². The summed E-state index contributed by atoms with van der Waals surface area (Å²) in [5.74, 6) is 1.05. The van der Waals surface area contributed by atoms with Crippen molar-refractivity contribution in [3.05, 3.63) is 39.8 Å². The lowest BCUT2D eigenvalue weighted by Crippen LogP contribution is -2.36. The molecule has 0 saturated carbocycles. The number of hydrogen-bond acceptors (Lipinski definition) is 7. The van der Waals surface area contributed by atoms with Crippen molar-refractivity contribution in [1.29, 1.82) is 5.26 Å². The number of rotatable bonds is 7. The lowest BCUT2D eigenvalue weighted by molar-refractivity contribution is -0.116. The van der Waals surface area contributed by atoms with Crippen LogP contribution in [0.2, 0.25) is 0 Å². The minimum atomic E-state index is -0.00977. The molecular weight excluding hydrogens is 422 g/mol. The lowest BCUT2D eigenvalue weighted by atomic mass is 9.94. The van der Waals surface area contributed by atoms with Crippen LogP contribution >= 0.6 is 11.3 Å². The molecule has 0 aromatic carbocycles. The van der Waals surface area contributed by atoms with Crippen LogP contribution in [-0.4, -0.2) is 47.5 Å². The fourth-order valence-electron chi connectivity index (χ4n) is 4.74. The van der Waals surface area contributed by atoms with Gasteiger partial charge < -0.3 is 15.0 Å². The second-order valence-electron chi connectivity index (χ2n) is 8.65. The van der Waals surface area contributed by atoms with E-state index in [0.717, 1.165) is 55.9 Å². The van der Waals surface area contributed by atoms with Crippen LogP contribution in [0.4, 0.5) is 5.00 Å². The molecule has 170 valence electrons. The number of carbonyl (C=O) groups is 1. The molecule has 1 aliphatic carbocycles. The Morgan fingerprint density at radius 2 is 2.22 bits per heavy atom. The molecule has 3 heterocycles. The Kier molecular flexibility index (Phi) is 7.85. The Morgan fingerprint density at radius 1 is 1.34 bits per heavy atom. The van der Waals surface area contributed by atoms with Crippen LogP contribution in [0.1, 0.15) is 72.0 Å². The highest BCUT2D eigenvalue weighted by Gasteiger charge is 2.24. The number of nitriles is 1. The zero-order valence-electron chi connectivity index (χ0n) is 18.7. The van der Waals surface area contributed by atoms with Gasteiger partial charge in [-0.2, -0.15) is 5.26 Å². The topological polar surface area (TPSA) is 91.1 Å². The summed E-state index contributed by atoms with van der Waals surface area (Å²) in [6.07, 6.45) is 9.90. The van der Waals surface area contributed by atoms with E-state index in [-0.39, 0.29) is 5.91 Å². The van der Waals surface area contributed by atoms with E-state index >= 15 is 0 Å². The minimum Gasteiger partial charge on any atom is -0.377 e. The number of aromatic nitrogens is 2. The molecular formula is C24H31N5O2S. The van der Waals surface area contributed by atoms with E-state index in [9.17, 15) is 10.1 Å². The first-order valence-electron chi connectivity index (χ1n) is 11.6. The largest absolute Gasteiger partial charge is 0.377 e. The van der Waals surface area contributed by atoms with Gasteiger partial charge in [-0.05, 0) is 56.7 Å². The molecule has 0 spiro atoms. The first kappa shape index (κ1) is 22.8. The molecule has 32 heavy (non-hydrogen) atoms. The lowest BCUT2D eigenvalue weighted by Gasteiger charge is -2.32. The van der Waals surface area contributed by atoms with Gasteiger partial charge in [-0.1, -0.05) is 6.42 Å². The van der Waals surface area contributed by atoms with Crippen LogP contribution in [-0.2, 0) is 29.0 Å². The summed E-state index contributed by atoms with van der Waals surface area (Å²) < 4.78 is 5.16. The van der Waals surface area contributed by atoms with Gasteiger partial charge in [0.15, 0.2) is 5.82 Å². The molecule has 7 nitrogen and oxygen atoms in total. The van der Waals surface area contributed by atoms with E-state index in [1.54, 1.807) is 24.6 Å². The summed E-state index contributed by atoms with van der Waals surface area (Å²) >= 11 is 1.60. The quantitative estimate of drug-likeness (QED) is 0.637. The number of carbonyl (C=O) groups excluding carboxylic acids is 1. The molecule has 1 atom stereocenters. The fourth-order valence-corrected chi connectivity index (χ4v) is 5.99. The Morgan fingerprint density at radius 3 is 3.06 bits per heavy atom. The minimum absolute atomic E-state index is 0.00977. The van der Waals surface area contributed by atoms with Gasteiger partial charge in [-0.25, -0.2) is 9.97 Å². The van der Waals surface area contributed by atoms with Crippen LogP contribution in [0, 0.1) is 11.3 Å². The van der Waals surface area contributed by atoms with Crippen molar-refractivity contribution in [3.8, 4) is 6.07 Å². The van der Waals surface area contributed by atoms with Crippen molar-refractivity contribution in [2.45, 2.75) is 63.9 Å². The van der Waals surface area contributed by atoms with E-state index in [2.05, 4.69) is 26.3 Å². The van der Waals surface area contributed by atoms with Crippen molar-refractivity contribution in [1.82, 2.24) is 14.9 Å². The highest BCUT2D eigenvalue weighted by Crippen LogP contribution is 2.37. The average Bonchev–Trinajstić information content (AvgIpc) is 2.97. The molecule has 0 radical (unpaired) electrons. The Bertz CT molecular complexity index is 983. The predicted octanol–water partition coefficient (Wildman–Crippen LogP) is 4.03. The zero-order chi connectivity index (χ0) is 22.3. The van der Waals surface area contributed by atoms with E-state index < -0.39 is 0 Å². The highest BCUT2D eigenvalue weighted by molar-refractivity contribution is 7.16. The Hall–Kier alpha value is -2.34. The van der Waals surface area contributed by atoms with Gasteiger partial charge in [0.2, 0.25) is 5.91 Å². The smallest absolute Gasteiger partial charge is 0.226 e. The number of piperidine rings is 1. The summed E-state index contributed by atoms with van der Waals surface area (Å²) in [5.41, 5.74) is 2.91. The van der Waals surface area contributed by atoms with Crippen molar-refractivity contribution < 1.29 is 9.53 Å². The number of ether oxygens (including phenoxy) is 1. The molecule has 1 amide bonds. The maximum atomic E-state index is 12.7. The SMILES string of the molecule is COCc1nccc([C@@H]2CCCN(CCC(=O)Nc3sc4c(c3C#N)CCCCC4)C2)n1. The van der Waals surface area contributed by atoms with Gasteiger partial charge in [0.25, 0.3) is 0 Å². The molecule has 1 fully saturated rings. The number of amides is 1. The molecule has 2 aromatic rings. The molecule has 2 aliphatic rings. The van der Waals surface area contributed by atoms with Crippen LogP contribution < -0.4 is 5.32 Å². The molecule has 0 bridgehead atoms. The number of hydrogen-bond donors (Lipinski definition) is 1. The number of nitrogens with one attached hydrogen (secondary N) is 1. The van der Waals surface area contributed by atoms with Gasteiger partial charge in [0, 0.05) is 49.3 Å². The highest BCUT2D eigenvalue weighted by atomic mass is 32.1. The monoisotopic (exact) mass is 453 g/mol. The van der Waals surface area contributed by atoms with Crippen molar-refractivity contribution in [2.75, 3.05) is 32.1 Å². The normalized spacial score (nSPS) is 19.1. The molecule has 2 aromatic heterocycles. The first-order valence-corrected chi connectivity index (χ1v) is 12.4. The van der Waals surface area contributed by atoms with E-state index in [1.807, 2.05) is 6.07 Å². The van der Waals surface area contributed by atoms with Gasteiger partial charge in [-0.3, -0.25) is 4.79 Å². The van der Waals surface area contributed by atoms with Gasteiger partial charge >= 0.3 is 0 Å². The van der Waals surface area contributed by atoms with E-state index in [4.69, 9.17) is 4.74 Å². The molecule has 8 heteroatoms. The number of likely N-dealkylation sites (tertiary alicyclic amines) is 1. The van der Waals surface area contributed by atoms with Gasteiger partial charge in [-0.15, -0.1) is 11.3 Å². The maximum absolute atomic E-state index is 12.7. The first-order chi connectivity index (χ1) is 15.7. The van der Waals surface area contributed by atoms with Crippen molar-refractivity contribution in [3.63, 3.8) is 0 Å². The van der Waals surface area contributed by atoms with E-state index in [1.165, 1.54) is 23.3 Å². The number of methoxy groups -OCH3 is 1. The zero-order valence-corrected chi connectivity index (χ0v) is 19.5. The molecule has 4 rings (SSSR count). The number of fused-ring (bicyclic) bond motifs is 1. The standard InChI is InChI=1S/C24H31N5O2S/c1-31-16-22-26-11-9-20(27-22)17-6-5-12-29(15-17)13-10-23(30)28-24-19(14-25)18-7-3-2-4-8-21(18)32-24/h9,11,17H,2-8,10,12-13,15-16H2,1H3,(H,28,30)/t17-/m1/s1. The summed E-state index contributed by atoms with van der Waals surface area (Å²) in [7, 11) is 1.65.